The highest BCUT2D eigenvalue weighted by Gasteiger charge is 2.22. The van der Waals surface area contributed by atoms with E-state index < -0.39 is 12.0 Å². The van der Waals surface area contributed by atoms with Crippen molar-refractivity contribution >= 4 is 18.8 Å². The van der Waals surface area contributed by atoms with Gasteiger partial charge in [0.15, 0.2) is 0 Å². The summed E-state index contributed by atoms with van der Waals surface area (Å²) in [5.41, 5.74) is 0. The Hall–Kier alpha value is -0.260. The van der Waals surface area contributed by atoms with Gasteiger partial charge in [0.2, 0.25) is 0 Å². The molecular formula is C8H16N2O2S. The molecule has 0 aromatic carbocycles. The van der Waals surface area contributed by atoms with E-state index in [-0.39, 0.29) is 0 Å². The molecule has 1 saturated heterocycles. The zero-order valence-corrected chi connectivity index (χ0v) is 8.39. The van der Waals surface area contributed by atoms with Crippen molar-refractivity contribution in [3.05, 3.63) is 0 Å². The van der Waals surface area contributed by atoms with Crippen LogP contribution in [0, 0.1) is 5.92 Å². The van der Waals surface area contributed by atoms with E-state index in [2.05, 4.69) is 22.9 Å². The average molecular weight is 204 g/mol. The maximum atomic E-state index is 10.7. The number of nitrogens with one attached hydrogen (secondary N) is 2. The lowest BCUT2D eigenvalue weighted by molar-refractivity contribution is -0.139. The molecule has 1 aliphatic heterocycles. The zero-order valence-electron chi connectivity index (χ0n) is 7.49. The SMILES string of the molecule is O=C(O)[C@H](CC1CCNCC1)NS. The number of carboxylic acid groups (broad SMARTS) is 1. The van der Waals surface area contributed by atoms with Gasteiger partial charge in [-0.2, -0.15) is 0 Å². The van der Waals surface area contributed by atoms with Gasteiger partial charge in [0, 0.05) is 0 Å². The van der Waals surface area contributed by atoms with E-state index in [0.717, 1.165) is 25.9 Å². The van der Waals surface area contributed by atoms with Crippen LogP contribution in [0.25, 0.3) is 0 Å². The van der Waals surface area contributed by atoms with E-state index in [9.17, 15) is 4.79 Å². The van der Waals surface area contributed by atoms with Gasteiger partial charge in [0.05, 0.1) is 0 Å². The summed E-state index contributed by atoms with van der Waals surface area (Å²) in [6, 6.07) is -0.508. The first-order valence-electron chi connectivity index (χ1n) is 4.57. The van der Waals surface area contributed by atoms with Gasteiger partial charge in [-0.05, 0) is 38.3 Å². The average Bonchev–Trinajstić information content (AvgIpc) is 2.15. The van der Waals surface area contributed by atoms with Crippen molar-refractivity contribution in [3.8, 4) is 0 Å². The van der Waals surface area contributed by atoms with Gasteiger partial charge in [-0.25, -0.2) is 0 Å². The van der Waals surface area contributed by atoms with Crippen molar-refractivity contribution in [2.45, 2.75) is 25.3 Å². The first kappa shape index (κ1) is 10.8. The second-order valence-electron chi connectivity index (χ2n) is 3.45. The summed E-state index contributed by atoms with van der Waals surface area (Å²) in [7, 11) is 0. The van der Waals surface area contributed by atoms with E-state index in [1.165, 1.54) is 0 Å². The van der Waals surface area contributed by atoms with Crippen LogP contribution in [-0.2, 0) is 4.79 Å². The topological polar surface area (TPSA) is 61.4 Å². The second kappa shape index (κ2) is 5.47. The van der Waals surface area contributed by atoms with Gasteiger partial charge in [-0.15, -0.1) is 0 Å². The summed E-state index contributed by atoms with van der Waals surface area (Å²) < 4.78 is 2.52. The summed E-state index contributed by atoms with van der Waals surface area (Å²) in [6.07, 6.45) is 2.82. The Kier molecular flexibility index (Phi) is 4.55. The first-order valence-corrected chi connectivity index (χ1v) is 5.02. The predicted octanol–water partition coefficient (Wildman–Crippen LogP) is 0.264. The zero-order chi connectivity index (χ0) is 9.68. The van der Waals surface area contributed by atoms with Gasteiger partial charge in [0.1, 0.15) is 6.04 Å². The smallest absolute Gasteiger partial charge is 0.321 e. The number of rotatable bonds is 4. The third-order valence-electron chi connectivity index (χ3n) is 2.48. The minimum absolute atomic E-state index is 0.508. The van der Waals surface area contributed by atoms with Crippen LogP contribution in [0.2, 0.25) is 0 Å². The highest BCUT2D eigenvalue weighted by molar-refractivity contribution is 7.78. The largest absolute Gasteiger partial charge is 0.480 e. The number of thiol groups is 1. The molecule has 1 heterocycles. The third-order valence-corrected chi connectivity index (χ3v) is 2.79. The van der Waals surface area contributed by atoms with E-state index in [0.29, 0.717) is 12.3 Å². The molecular weight excluding hydrogens is 188 g/mol. The Morgan fingerprint density at radius 3 is 2.69 bits per heavy atom. The van der Waals surface area contributed by atoms with Crippen LogP contribution in [0.3, 0.4) is 0 Å². The highest BCUT2D eigenvalue weighted by atomic mass is 32.1. The van der Waals surface area contributed by atoms with E-state index in [4.69, 9.17) is 5.11 Å². The standard InChI is InChI=1S/C8H16N2O2S/c11-8(12)7(10-13)5-6-1-3-9-4-2-6/h6-7,9-10,13H,1-5H2,(H,11,12)/t7-/m0/s1. The Bertz CT molecular complexity index is 172. The molecule has 0 aromatic rings. The first-order chi connectivity index (χ1) is 6.24. The summed E-state index contributed by atoms with van der Waals surface area (Å²) >= 11 is 3.81. The summed E-state index contributed by atoms with van der Waals surface area (Å²) in [5, 5.41) is 12.0. The molecule has 1 fully saturated rings. The van der Waals surface area contributed by atoms with Crippen LogP contribution < -0.4 is 10.0 Å². The molecule has 0 radical (unpaired) electrons. The fraction of sp³-hybridized carbons (Fsp3) is 0.875. The van der Waals surface area contributed by atoms with Crippen LogP contribution in [0.5, 0.6) is 0 Å². The lowest BCUT2D eigenvalue weighted by Gasteiger charge is -2.24. The van der Waals surface area contributed by atoms with Gasteiger partial charge in [-0.3, -0.25) is 9.52 Å². The monoisotopic (exact) mass is 204 g/mol. The van der Waals surface area contributed by atoms with E-state index >= 15 is 0 Å². The molecule has 3 N–H and O–H groups in total. The van der Waals surface area contributed by atoms with Gasteiger partial charge >= 0.3 is 5.97 Å². The number of piperidine rings is 1. The Balaban J connectivity index is 2.31. The molecule has 0 spiro atoms. The quantitative estimate of drug-likeness (QED) is 0.496. The van der Waals surface area contributed by atoms with Crippen LogP contribution in [0.1, 0.15) is 19.3 Å². The molecule has 0 saturated carbocycles. The maximum Gasteiger partial charge on any atom is 0.321 e. The van der Waals surface area contributed by atoms with Crippen molar-refractivity contribution in [1.29, 1.82) is 0 Å². The minimum atomic E-state index is -0.812. The number of hydrogen-bond acceptors (Lipinski definition) is 4. The molecule has 0 aromatic heterocycles. The number of hydrogen-bond donors (Lipinski definition) is 4. The maximum absolute atomic E-state index is 10.7. The third kappa shape index (κ3) is 3.54. The number of aliphatic carboxylic acids is 1. The van der Waals surface area contributed by atoms with Crippen LogP contribution in [-0.4, -0.2) is 30.2 Å². The normalized spacial score (nSPS) is 21.3. The second-order valence-corrected chi connectivity index (χ2v) is 3.71. The molecule has 1 rings (SSSR count). The fourth-order valence-electron chi connectivity index (χ4n) is 1.66. The van der Waals surface area contributed by atoms with Crippen molar-refractivity contribution in [2.75, 3.05) is 13.1 Å². The lowest BCUT2D eigenvalue weighted by atomic mass is 9.91. The molecule has 0 amide bonds. The van der Waals surface area contributed by atoms with Gasteiger partial charge < -0.3 is 10.4 Å². The predicted molar refractivity (Wildman–Crippen MR) is 53.8 cm³/mol. The van der Waals surface area contributed by atoms with Gasteiger partial charge in [0.25, 0.3) is 0 Å². The van der Waals surface area contributed by atoms with Crippen molar-refractivity contribution in [3.63, 3.8) is 0 Å². The van der Waals surface area contributed by atoms with Crippen LogP contribution in [0.15, 0.2) is 0 Å². The summed E-state index contributed by atoms with van der Waals surface area (Å²) in [5.74, 6) is -0.296. The highest BCUT2D eigenvalue weighted by Crippen LogP contribution is 2.18. The van der Waals surface area contributed by atoms with E-state index in [1.54, 1.807) is 0 Å². The Labute approximate surface area is 83.6 Å². The molecule has 0 bridgehead atoms. The number of carbonyl (C=O) groups is 1. The molecule has 1 atom stereocenters. The Morgan fingerprint density at radius 2 is 2.23 bits per heavy atom. The van der Waals surface area contributed by atoms with Crippen LogP contribution in [0.4, 0.5) is 0 Å². The van der Waals surface area contributed by atoms with Crippen molar-refractivity contribution in [2.24, 2.45) is 5.92 Å². The molecule has 13 heavy (non-hydrogen) atoms. The number of carboxylic acids is 1. The molecule has 76 valence electrons. The molecule has 0 aliphatic carbocycles. The molecule has 5 heteroatoms. The van der Waals surface area contributed by atoms with Gasteiger partial charge in [-0.1, -0.05) is 12.8 Å². The lowest BCUT2D eigenvalue weighted by Crippen LogP contribution is -2.36. The summed E-state index contributed by atoms with van der Waals surface area (Å²) in [4.78, 5) is 10.7. The Morgan fingerprint density at radius 1 is 1.62 bits per heavy atom. The van der Waals surface area contributed by atoms with Crippen LogP contribution >= 0.6 is 12.8 Å². The molecule has 0 unspecified atom stereocenters. The molecule has 1 aliphatic rings. The van der Waals surface area contributed by atoms with E-state index in [1.807, 2.05) is 0 Å². The van der Waals surface area contributed by atoms with Crippen molar-refractivity contribution in [1.82, 2.24) is 10.0 Å². The fourth-order valence-corrected chi connectivity index (χ4v) is 1.88. The summed E-state index contributed by atoms with van der Waals surface area (Å²) in [6.45, 7) is 2.01. The minimum Gasteiger partial charge on any atom is -0.480 e. The van der Waals surface area contributed by atoms with Crippen molar-refractivity contribution < 1.29 is 9.90 Å². The molecule has 4 nitrogen and oxygen atoms in total.